The molecule has 0 heterocycles. The van der Waals surface area contributed by atoms with Gasteiger partial charge in [-0.25, -0.2) is 0 Å². The molecule has 0 aromatic heterocycles. The summed E-state index contributed by atoms with van der Waals surface area (Å²) in [6.45, 7) is 2.27. The second-order valence-electron chi connectivity index (χ2n) is 7.08. The van der Waals surface area contributed by atoms with Crippen molar-refractivity contribution in [1.29, 1.82) is 0 Å². The van der Waals surface area contributed by atoms with Gasteiger partial charge in [0, 0.05) is 0 Å². The van der Waals surface area contributed by atoms with E-state index >= 15 is 0 Å². The van der Waals surface area contributed by atoms with Crippen LogP contribution in [0.4, 0.5) is 0 Å². The van der Waals surface area contributed by atoms with E-state index in [9.17, 15) is 8.42 Å². The van der Waals surface area contributed by atoms with Gasteiger partial charge in [0.05, 0.1) is 0 Å². The van der Waals surface area contributed by atoms with Gasteiger partial charge in [-0.1, -0.05) is 96.8 Å². The van der Waals surface area contributed by atoms with E-state index in [2.05, 4.69) is 10.6 Å². The van der Waals surface area contributed by atoms with Crippen LogP contribution in [-0.4, -0.2) is 25.0 Å². The van der Waals surface area contributed by atoms with E-state index in [0.717, 1.165) is 12.8 Å². The van der Waals surface area contributed by atoms with E-state index in [0.29, 0.717) is 5.75 Å². The third kappa shape index (κ3) is 22.2. The van der Waals surface area contributed by atoms with Gasteiger partial charge < -0.3 is 0 Å². The van der Waals surface area contributed by atoms with Gasteiger partial charge in [0.15, 0.2) is 11.2 Å². The Labute approximate surface area is 160 Å². The fourth-order valence-corrected chi connectivity index (χ4v) is 5.09. The minimum Gasteiger partial charge on any atom is -0.261 e. The van der Waals surface area contributed by atoms with Gasteiger partial charge in [0.1, 0.15) is 12.0 Å². The molecule has 0 aliphatic carbocycles. The molecule has 0 aromatic rings. The summed E-state index contributed by atoms with van der Waals surface area (Å²) in [4.78, 5) is 0. The minimum atomic E-state index is -4.28. The average molecular weight is 398 g/mol. The van der Waals surface area contributed by atoms with E-state index in [1.807, 2.05) is 0 Å². The summed E-state index contributed by atoms with van der Waals surface area (Å²) in [7, 11) is -4.28. The third-order valence-corrected chi connectivity index (χ3v) is 6.97. The predicted octanol–water partition coefficient (Wildman–Crippen LogP) is 6.23. The fourth-order valence-electron chi connectivity index (χ4n) is 3.03. The first-order valence-corrected chi connectivity index (χ1v) is 13.3. The minimum absolute atomic E-state index is 0.695. The van der Waals surface area contributed by atoms with Crippen LogP contribution in [0, 0.1) is 0 Å². The highest BCUT2D eigenvalue weighted by atomic mass is 32.3. The summed E-state index contributed by atoms with van der Waals surface area (Å²) >= 11 is -0.695. The van der Waals surface area contributed by atoms with Crippen molar-refractivity contribution in [2.24, 2.45) is 0 Å². The second-order valence-corrected chi connectivity index (χ2v) is 10.0. The summed E-state index contributed by atoms with van der Waals surface area (Å²) in [6.07, 6.45) is 22.9. The van der Waals surface area contributed by atoms with Crippen molar-refractivity contribution in [3.05, 3.63) is 0 Å². The summed E-state index contributed by atoms with van der Waals surface area (Å²) < 4.78 is 34.2. The quantitative estimate of drug-likeness (QED) is 0.159. The Balaban J connectivity index is 3.14. The van der Waals surface area contributed by atoms with Crippen molar-refractivity contribution in [1.82, 2.24) is 0 Å². The lowest BCUT2D eigenvalue weighted by atomic mass is 10.0. The Hall–Kier alpha value is 0.220. The molecule has 6 heteroatoms. The van der Waals surface area contributed by atoms with Gasteiger partial charge in [0.2, 0.25) is 0 Å². The van der Waals surface area contributed by atoms with Crippen LogP contribution in [0.3, 0.4) is 0 Å². The van der Waals surface area contributed by atoms with Gasteiger partial charge in [-0.3, -0.25) is 4.55 Å². The summed E-state index contributed by atoms with van der Waals surface area (Å²) in [5.74, 6) is 0.707. The van der Waals surface area contributed by atoms with Crippen molar-refractivity contribution in [3.8, 4) is 0 Å². The fraction of sp³-hybridized carbons (Fsp3) is 1.00. The Morgan fingerprint density at radius 3 is 1.32 bits per heavy atom. The lowest BCUT2D eigenvalue weighted by molar-refractivity contribution is 0.404. The van der Waals surface area contributed by atoms with Crippen LogP contribution in [0.1, 0.15) is 110 Å². The number of hydrogen-bond donors (Lipinski definition) is 1. The van der Waals surface area contributed by atoms with Crippen molar-refractivity contribution in [2.45, 2.75) is 110 Å². The monoisotopic (exact) mass is 397 g/mol. The van der Waals surface area contributed by atoms with Crippen molar-refractivity contribution < 1.29 is 16.6 Å². The smallest absolute Gasteiger partial charge is 0.261 e. The summed E-state index contributed by atoms with van der Waals surface area (Å²) in [6, 6.07) is 0. The maximum atomic E-state index is 10.6. The molecule has 0 aromatic carbocycles. The second kappa shape index (κ2) is 17.6. The molecule has 1 atom stereocenters. The maximum absolute atomic E-state index is 10.6. The normalized spacial score (nSPS) is 13.2. The van der Waals surface area contributed by atoms with Crippen LogP contribution in [0.15, 0.2) is 0 Å². The first kappa shape index (κ1) is 25.2. The zero-order valence-electron chi connectivity index (χ0n) is 16.5. The molecular weight excluding hydrogens is 356 g/mol. The highest BCUT2D eigenvalue weighted by Crippen LogP contribution is 2.14. The molecule has 0 rings (SSSR count). The summed E-state index contributed by atoms with van der Waals surface area (Å²) in [5, 5.41) is 0. The molecule has 152 valence electrons. The Morgan fingerprint density at radius 2 is 1.00 bits per heavy atom. The topological polar surface area (TPSA) is 63.6 Å². The van der Waals surface area contributed by atoms with E-state index in [-0.39, 0.29) is 0 Å². The Bertz CT molecular complexity index is 372. The molecule has 0 aliphatic heterocycles. The molecule has 1 unspecified atom stereocenters. The molecule has 4 nitrogen and oxygen atoms in total. The zero-order chi connectivity index (χ0) is 18.8. The van der Waals surface area contributed by atoms with E-state index in [4.69, 9.17) is 4.55 Å². The molecule has 0 spiro atoms. The van der Waals surface area contributed by atoms with Gasteiger partial charge >= 0.3 is 10.4 Å². The molecule has 0 aliphatic rings. The highest BCUT2D eigenvalue weighted by Gasteiger charge is 2.21. The van der Waals surface area contributed by atoms with Crippen LogP contribution >= 0.6 is 0 Å². The molecule has 0 radical (unpaired) electrons. The predicted molar refractivity (Wildman–Crippen MR) is 110 cm³/mol. The first-order chi connectivity index (χ1) is 12.0. The molecule has 25 heavy (non-hydrogen) atoms. The van der Waals surface area contributed by atoms with Crippen LogP contribution in [-0.2, 0) is 25.2 Å². The van der Waals surface area contributed by atoms with Gasteiger partial charge in [-0.2, -0.15) is 8.42 Å². The van der Waals surface area contributed by atoms with Crippen LogP contribution in [0.5, 0.6) is 0 Å². The molecule has 0 saturated carbocycles. The van der Waals surface area contributed by atoms with E-state index in [1.54, 1.807) is 6.26 Å². The number of unbranched alkanes of at least 4 members (excludes halogenated alkanes) is 15. The zero-order valence-corrected chi connectivity index (χ0v) is 18.1. The first-order valence-electron chi connectivity index (χ1n) is 10.3. The van der Waals surface area contributed by atoms with Gasteiger partial charge in [-0.05, 0) is 16.5 Å². The van der Waals surface area contributed by atoms with Crippen molar-refractivity contribution in [3.63, 3.8) is 0 Å². The highest BCUT2D eigenvalue weighted by molar-refractivity contribution is 8.00. The van der Waals surface area contributed by atoms with Crippen LogP contribution in [0.2, 0.25) is 0 Å². The SMILES string of the molecule is CCCCCCCCCCCCCCCCCC[S+](C)OS(=O)(=O)O. The molecule has 1 N–H and O–H groups in total. The number of hydrogen-bond acceptors (Lipinski definition) is 3. The number of rotatable bonds is 19. The van der Waals surface area contributed by atoms with E-state index < -0.39 is 21.6 Å². The van der Waals surface area contributed by atoms with Crippen LogP contribution < -0.4 is 0 Å². The van der Waals surface area contributed by atoms with Crippen LogP contribution in [0.25, 0.3) is 0 Å². The Morgan fingerprint density at radius 1 is 0.680 bits per heavy atom. The maximum Gasteiger partial charge on any atom is 0.439 e. The molecule has 0 amide bonds. The average Bonchev–Trinajstić information content (AvgIpc) is 2.53. The Kier molecular flexibility index (Phi) is 17.8. The van der Waals surface area contributed by atoms with Crippen molar-refractivity contribution in [2.75, 3.05) is 12.0 Å². The molecule has 0 fully saturated rings. The molecular formula is C19H41O4S2+. The lowest BCUT2D eigenvalue weighted by Gasteiger charge is -2.03. The van der Waals surface area contributed by atoms with Gasteiger partial charge in [0.25, 0.3) is 0 Å². The molecule has 0 bridgehead atoms. The summed E-state index contributed by atoms with van der Waals surface area (Å²) in [5.41, 5.74) is 0. The van der Waals surface area contributed by atoms with E-state index in [1.165, 1.54) is 89.9 Å². The lowest BCUT2D eigenvalue weighted by Crippen LogP contribution is -2.14. The van der Waals surface area contributed by atoms with Gasteiger partial charge in [-0.15, -0.1) is 0 Å². The largest absolute Gasteiger partial charge is 0.439 e. The van der Waals surface area contributed by atoms with Crippen molar-refractivity contribution >= 4 is 21.6 Å². The third-order valence-electron chi connectivity index (χ3n) is 4.49. The standard InChI is InChI=1S/C19H40O4S2/c1-3-4-5-6-7-8-9-10-11-12-13-14-15-16-17-18-19-24(2)23-25(20,21)22/h3-19H2,1-2H3/p+1. The molecule has 0 saturated heterocycles.